The molecule has 1 aromatic carbocycles. The van der Waals surface area contributed by atoms with Crippen LogP contribution < -0.4 is 5.69 Å². The van der Waals surface area contributed by atoms with E-state index in [4.69, 9.17) is 9.47 Å². The van der Waals surface area contributed by atoms with Gasteiger partial charge in [-0.25, -0.2) is 4.79 Å². The smallest absolute Gasteiger partial charge is 0.329 e. The number of aromatic nitrogens is 2. The van der Waals surface area contributed by atoms with Crippen LogP contribution in [-0.2, 0) is 27.4 Å². The maximum atomic E-state index is 12.6. The molecule has 0 radical (unpaired) electrons. The Hall–Kier alpha value is -2.08. The van der Waals surface area contributed by atoms with Crippen molar-refractivity contribution in [2.24, 2.45) is 11.3 Å². The van der Waals surface area contributed by atoms with Crippen LogP contribution in [0.3, 0.4) is 0 Å². The number of ether oxygens (including phenoxy) is 2. The summed E-state index contributed by atoms with van der Waals surface area (Å²) >= 11 is 0. The predicted octanol–water partition coefficient (Wildman–Crippen LogP) is 2.18. The summed E-state index contributed by atoms with van der Waals surface area (Å²) in [5.74, 6) is -0.0720. The van der Waals surface area contributed by atoms with Crippen LogP contribution in [0, 0.1) is 11.3 Å². The van der Waals surface area contributed by atoms with Crippen molar-refractivity contribution in [3.8, 4) is 0 Å². The van der Waals surface area contributed by atoms with E-state index >= 15 is 0 Å². The number of esters is 1. The van der Waals surface area contributed by atoms with Crippen molar-refractivity contribution in [1.29, 1.82) is 0 Å². The summed E-state index contributed by atoms with van der Waals surface area (Å²) in [5, 5.41) is 0. The molecule has 1 saturated carbocycles. The summed E-state index contributed by atoms with van der Waals surface area (Å²) in [6, 6.07) is 7.54. The van der Waals surface area contributed by atoms with Crippen LogP contribution >= 0.6 is 0 Å². The molecule has 6 heteroatoms. The number of carbonyl (C=O) groups excluding carboxylic acids is 1. The van der Waals surface area contributed by atoms with Crippen molar-refractivity contribution in [3.63, 3.8) is 0 Å². The van der Waals surface area contributed by atoms with Crippen LogP contribution in [0.4, 0.5) is 0 Å². The quantitative estimate of drug-likeness (QED) is 0.798. The van der Waals surface area contributed by atoms with Gasteiger partial charge in [0.2, 0.25) is 0 Å². The van der Waals surface area contributed by atoms with Crippen LogP contribution in [0.1, 0.15) is 27.2 Å². The first-order chi connectivity index (χ1) is 11.9. The second-order valence-corrected chi connectivity index (χ2v) is 7.58. The zero-order valence-corrected chi connectivity index (χ0v) is 14.9. The third-order valence-electron chi connectivity index (χ3n) is 5.78. The van der Waals surface area contributed by atoms with Crippen LogP contribution in [0.25, 0.3) is 11.0 Å². The first-order valence-electron chi connectivity index (χ1n) is 8.94. The number of hydrogen-bond donors (Lipinski definition) is 0. The molecule has 2 fully saturated rings. The lowest BCUT2D eigenvalue weighted by atomic mass is 9.59. The number of para-hydroxylation sites is 2. The highest BCUT2D eigenvalue weighted by molar-refractivity contribution is 5.78. The van der Waals surface area contributed by atoms with Gasteiger partial charge in [0.25, 0.3) is 0 Å². The highest BCUT2D eigenvalue weighted by Gasteiger charge is 2.61. The van der Waals surface area contributed by atoms with Crippen LogP contribution in [-0.4, -0.2) is 33.9 Å². The van der Waals surface area contributed by atoms with Gasteiger partial charge >= 0.3 is 11.7 Å². The minimum absolute atomic E-state index is 0.0584. The van der Waals surface area contributed by atoms with E-state index in [1.165, 1.54) is 4.57 Å². The van der Waals surface area contributed by atoms with E-state index in [-0.39, 0.29) is 41.7 Å². The molecule has 0 bridgehead atoms. The molecule has 0 spiro atoms. The average molecular weight is 344 g/mol. The van der Waals surface area contributed by atoms with Crippen LogP contribution in [0.2, 0.25) is 0 Å². The van der Waals surface area contributed by atoms with Crippen molar-refractivity contribution in [3.05, 3.63) is 34.7 Å². The second kappa shape index (κ2) is 5.73. The number of carbonyl (C=O) groups is 1. The fourth-order valence-corrected chi connectivity index (χ4v) is 4.56. The second-order valence-electron chi connectivity index (χ2n) is 7.58. The molecule has 2 aromatic rings. The molecule has 6 nitrogen and oxygen atoms in total. The third kappa shape index (κ3) is 2.34. The molecule has 134 valence electrons. The van der Waals surface area contributed by atoms with Gasteiger partial charge in [0.15, 0.2) is 0 Å². The number of benzene rings is 1. The summed E-state index contributed by atoms with van der Waals surface area (Å²) in [4.78, 5) is 25.2. The van der Waals surface area contributed by atoms with Crippen molar-refractivity contribution < 1.29 is 14.3 Å². The van der Waals surface area contributed by atoms with Gasteiger partial charge in [-0.15, -0.1) is 0 Å². The van der Waals surface area contributed by atoms with Gasteiger partial charge in [0.1, 0.15) is 12.6 Å². The van der Waals surface area contributed by atoms with Gasteiger partial charge in [-0.1, -0.05) is 26.0 Å². The summed E-state index contributed by atoms with van der Waals surface area (Å²) in [6.45, 7) is 7.32. The lowest BCUT2D eigenvalue weighted by Crippen LogP contribution is -2.61. The predicted molar refractivity (Wildman–Crippen MR) is 93.4 cm³/mol. The molecular weight excluding hydrogens is 320 g/mol. The van der Waals surface area contributed by atoms with Gasteiger partial charge in [0.05, 0.1) is 17.1 Å². The van der Waals surface area contributed by atoms with Crippen molar-refractivity contribution in [2.45, 2.75) is 52.5 Å². The van der Waals surface area contributed by atoms with E-state index in [9.17, 15) is 9.59 Å². The summed E-state index contributed by atoms with van der Waals surface area (Å²) < 4.78 is 14.7. The molecule has 2 heterocycles. The van der Waals surface area contributed by atoms with Crippen molar-refractivity contribution in [1.82, 2.24) is 9.13 Å². The van der Waals surface area contributed by atoms with E-state index in [0.29, 0.717) is 6.54 Å². The topological polar surface area (TPSA) is 62.5 Å². The first kappa shape index (κ1) is 16.4. The van der Waals surface area contributed by atoms with E-state index in [2.05, 4.69) is 13.8 Å². The largest absolute Gasteiger partial charge is 0.460 e. The highest BCUT2D eigenvalue weighted by atomic mass is 16.6. The minimum atomic E-state index is -0.357. The van der Waals surface area contributed by atoms with E-state index < -0.39 is 0 Å². The van der Waals surface area contributed by atoms with Gasteiger partial charge in [0, 0.05) is 24.5 Å². The van der Waals surface area contributed by atoms with Crippen molar-refractivity contribution in [2.75, 3.05) is 6.61 Å². The standard InChI is InChI=1S/C19H24N2O4/c1-4-20-13-7-5-6-8-14(13)21(18(20)23)11-15(22)25-17-12-9-10-24-16(12)19(17,2)3/h5-8,12,16-17H,4,9-11H2,1-3H3/t12-,16-,17+/m0/s1. The van der Waals surface area contributed by atoms with Gasteiger partial charge in [-0.3, -0.25) is 13.9 Å². The molecule has 0 unspecified atom stereocenters. The number of imidazole rings is 1. The zero-order chi connectivity index (χ0) is 17.8. The first-order valence-corrected chi connectivity index (χ1v) is 8.94. The van der Waals surface area contributed by atoms with E-state index in [1.54, 1.807) is 4.57 Å². The molecule has 1 aromatic heterocycles. The monoisotopic (exact) mass is 344 g/mol. The van der Waals surface area contributed by atoms with Crippen LogP contribution in [0.5, 0.6) is 0 Å². The van der Waals surface area contributed by atoms with Crippen LogP contribution in [0.15, 0.2) is 29.1 Å². The molecule has 0 amide bonds. The number of rotatable bonds is 4. The normalized spacial score (nSPS) is 27.1. The third-order valence-corrected chi connectivity index (χ3v) is 5.78. The Morgan fingerprint density at radius 3 is 2.64 bits per heavy atom. The fraction of sp³-hybridized carbons (Fsp3) is 0.579. The minimum Gasteiger partial charge on any atom is -0.460 e. The lowest BCUT2D eigenvalue weighted by Gasteiger charge is -2.53. The molecule has 3 atom stereocenters. The number of aryl methyl sites for hydroxylation is 1. The Labute approximate surface area is 146 Å². The lowest BCUT2D eigenvalue weighted by molar-refractivity contribution is -0.210. The van der Waals surface area contributed by atoms with E-state index in [1.807, 2.05) is 31.2 Å². The molecule has 0 N–H and O–H groups in total. The fourth-order valence-electron chi connectivity index (χ4n) is 4.56. The maximum absolute atomic E-state index is 12.6. The highest BCUT2D eigenvalue weighted by Crippen LogP contribution is 2.53. The van der Waals surface area contributed by atoms with Gasteiger partial charge < -0.3 is 9.47 Å². The maximum Gasteiger partial charge on any atom is 0.329 e. The SMILES string of the molecule is CCn1c(=O)n(CC(=O)O[C@@H]2[C@H]3CCO[C@@H]3C2(C)C)c2ccccc21. The Kier molecular flexibility index (Phi) is 3.76. The molecule has 4 rings (SSSR count). The van der Waals surface area contributed by atoms with E-state index in [0.717, 1.165) is 24.1 Å². The zero-order valence-electron chi connectivity index (χ0n) is 14.9. The summed E-state index contributed by atoms with van der Waals surface area (Å²) in [5.41, 5.74) is 1.27. The average Bonchev–Trinajstić information content (AvgIpc) is 3.15. The number of fused-ring (bicyclic) bond motifs is 2. The Balaban J connectivity index is 1.57. The Morgan fingerprint density at radius 1 is 1.28 bits per heavy atom. The molecule has 1 aliphatic heterocycles. The molecular formula is C19H24N2O4. The number of hydrogen-bond acceptors (Lipinski definition) is 4. The Bertz CT molecular complexity index is 879. The summed E-state index contributed by atoms with van der Waals surface area (Å²) in [7, 11) is 0. The van der Waals surface area contributed by atoms with Gasteiger partial charge in [-0.2, -0.15) is 0 Å². The molecule has 1 aliphatic carbocycles. The van der Waals surface area contributed by atoms with Crippen molar-refractivity contribution >= 4 is 17.0 Å². The number of nitrogens with zero attached hydrogens (tertiary/aromatic N) is 2. The summed E-state index contributed by atoms with van der Waals surface area (Å²) in [6.07, 6.45) is 0.971. The van der Waals surface area contributed by atoms with Gasteiger partial charge in [-0.05, 0) is 25.5 Å². The molecule has 2 aliphatic rings. The molecule has 25 heavy (non-hydrogen) atoms. The Morgan fingerprint density at radius 2 is 1.96 bits per heavy atom. The molecule has 1 saturated heterocycles.